The van der Waals surface area contributed by atoms with Crippen LogP contribution in [0.1, 0.15) is 26.7 Å². The first-order valence-electron chi connectivity index (χ1n) is 2.98. The Morgan fingerprint density at radius 1 is 1.00 bits per heavy atom. The van der Waals surface area contributed by atoms with Gasteiger partial charge in [0.05, 0.1) is 0 Å². The first-order chi connectivity index (χ1) is 4.54. The molecule has 0 fully saturated rings. The second-order valence-corrected chi connectivity index (χ2v) is 1.49. The first-order valence-corrected chi connectivity index (χ1v) is 2.98. The minimum Gasteiger partial charge on any atom is -0.481 e. The Morgan fingerprint density at radius 3 is 1.09 bits per heavy atom. The maximum absolute atomic E-state index is 9.37. The average molecular weight is 188 g/mol. The molecule has 0 heterocycles. The van der Waals surface area contributed by atoms with E-state index in [9.17, 15) is 9.59 Å². The molecule has 0 aliphatic heterocycles. The maximum Gasteiger partial charge on any atom is 0.303 e. The predicted molar refractivity (Wildman–Crippen MR) is 41.6 cm³/mol. The van der Waals surface area contributed by atoms with E-state index in [0.29, 0.717) is 0 Å². The number of rotatable bonds is 2. The molecule has 2 N–H and O–H groups in total. The van der Waals surface area contributed by atoms with Gasteiger partial charge in [-0.1, -0.05) is 13.8 Å². The van der Waals surface area contributed by atoms with Crippen LogP contribution in [0.3, 0.4) is 0 Å². The van der Waals surface area contributed by atoms with Crippen molar-refractivity contribution in [3.05, 3.63) is 0 Å². The van der Waals surface area contributed by atoms with Gasteiger partial charge in [-0.05, 0) is 0 Å². The van der Waals surface area contributed by atoms with Gasteiger partial charge in [0, 0.05) is 50.6 Å². The van der Waals surface area contributed by atoms with Crippen molar-refractivity contribution in [1.29, 1.82) is 0 Å². The number of hydrogen-bond donors (Lipinski definition) is 2. The smallest absolute Gasteiger partial charge is 0.303 e. The van der Waals surface area contributed by atoms with Crippen molar-refractivity contribution in [3.8, 4) is 0 Å². The number of aliphatic carboxylic acids is 2. The molecule has 2 radical (unpaired) electrons. The van der Waals surface area contributed by atoms with E-state index >= 15 is 0 Å². The van der Waals surface area contributed by atoms with E-state index in [1.807, 2.05) is 0 Å². The zero-order valence-corrected chi connectivity index (χ0v) is 9.04. The van der Waals surface area contributed by atoms with Crippen molar-refractivity contribution in [2.24, 2.45) is 0 Å². The van der Waals surface area contributed by atoms with E-state index in [2.05, 4.69) is 0 Å². The van der Waals surface area contributed by atoms with Crippen LogP contribution in [0.25, 0.3) is 0 Å². The Bertz CT molecular complexity index is 99.1. The van der Waals surface area contributed by atoms with Gasteiger partial charge in [0.2, 0.25) is 0 Å². The van der Waals surface area contributed by atoms with E-state index < -0.39 is 11.9 Å². The molecular weight excluding hydrogens is 176 g/mol. The van der Waals surface area contributed by atoms with Crippen molar-refractivity contribution >= 4 is 49.7 Å². The zero-order valence-electron chi connectivity index (χ0n) is 6.83. The second-order valence-electron chi connectivity index (χ2n) is 1.49. The van der Waals surface area contributed by atoms with Crippen molar-refractivity contribution in [2.45, 2.75) is 26.7 Å². The van der Waals surface area contributed by atoms with Gasteiger partial charge in [-0.25, -0.2) is 0 Å². The van der Waals surface area contributed by atoms with Gasteiger partial charge in [0.15, 0.2) is 0 Å². The summed E-state index contributed by atoms with van der Waals surface area (Å²) < 4.78 is 0. The largest absolute Gasteiger partial charge is 0.481 e. The molecule has 0 saturated carbocycles. The molecule has 0 atom stereocenters. The Labute approximate surface area is 95.6 Å². The fraction of sp³-hybridized carbons (Fsp3) is 0.667. The van der Waals surface area contributed by atoms with E-state index in [1.165, 1.54) is 0 Å². The van der Waals surface area contributed by atoms with Gasteiger partial charge in [0.1, 0.15) is 0 Å². The van der Waals surface area contributed by atoms with Crippen LogP contribution < -0.4 is 0 Å². The van der Waals surface area contributed by atoms with Crippen LogP contribution in [-0.2, 0) is 9.59 Å². The van der Waals surface area contributed by atoms with Crippen LogP contribution in [-0.4, -0.2) is 59.9 Å². The van der Waals surface area contributed by atoms with Crippen molar-refractivity contribution in [2.75, 3.05) is 0 Å². The summed E-state index contributed by atoms with van der Waals surface area (Å²) in [6.45, 7) is 3.20. The third-order valence-corrected chi connectivity index (χ3v) is 0.605. The molecule has 0 bridgehead atoms. The molecule has 62 valence electrons. The van der Waals surface area contributed by atoms with Gasteiger partial charge in [-0.15, -0.1) is 0 Å². The zero-order chi connectivity index (χ0) is 8.57. The number of carboxylic acids is 2. The minimum absolute atomic E-state index is 0. The number of carboxylic acid groups (broad SMARTS) is 2. The third-order valence-electron chi connectivity index (χ3n) is 0.605. The van der Waals surface area contributed by atoms with Crippen LogP contribution in [0.4, 0.5) is 0 Å². The molecule has 0 aliphatic rings. The fourth-order valence-electron chi connectivity index (χ4n) is 0. The first kappa shape index (κ1) is 17.3. The molecule has 0 rings (SSSR count). The molecule has 0 aliphatic carbocycles. The van der Waals surface area contributed by atoms with Crippen LogP contribution in [0.5, 0.6) is 0 Å². The van der Waals surface area contributed by atoms with Gasteiger partial charge >= 0.3 is 11.9 Å². The SMILES string of the molecule is CCC(=O)O.CCC(=O)O.[Ca]. The monoisotopic (exact) mass is 188 g/mol. The molecule has 5 heteroatoms. The molecule has 0 unspecified atom stereocenters. The summed E-state index contributed by atoms with van der Waals surface area (Å²) >= 11 is 0. The molecule has 4 nitrogen and oxygen atoms in total. The van der Waals surface area contributed by atoms with Crippen LogP contribution in [0.15, 0.2) is 0 Å². The Morgan fingerprint density at radius 2 is 1.09 bits per heavy atom. The summed E-state index contributed by atoms with van der Waals surface area (Å²) in [6, 6.07) is 0. The number of carbonyl (C=O) groups is 2. The fourth-order valence-corrected chi connectivity index (χ4v) is 0. The van der Waals surface area contributed by atoms with E-state index in [4.69, 9.17) is 10.2 Å². The minimum atomic E-state index is -0.745. The summed E-state index contributed by atoms with van der Waals surface area (Å²) in [6.07, 6.45) is 0.444. The molecule has 0 aromatic heterocycles. The van der Waals surface area contributed by atoms with Gasteiger partial charge < -0.3 is 10.2 Å². The van der Waals surface area contributed by atoms with E-state index in [0.717, 1.165) is 0 Å². The maximum atomic E-state index is 9.37. The van der Waals surface area contributed by atoms with Gasteiger partial charge in [-0.3, -0.25) is 9.59 Å². The molecular formula is C6H12CaO4. The van der Waals surface area contributed by atoms with Gasteiger partial charge in [0.25, 0.3) is 0 Å². The molecule has 0 spiro atoms. The predicted octanol–water partition coefficient (Wildman–Crippen LogP) is 0.581. The molecule has 0 aromatic rings. The molecule has 0 amide bonds. The van der Waals surface area contributed by atoms with E-state index in [1.54, 1.807) is 13.8 Å². The molecule has 0 aromatic carbocycles. The Hall–Kier alpha value is 0.200. The van der Waals surface area contributed by atoms with Crippen LogP contribution in [0, 0.1) is 0 Å². The summed E-state index contributed by atoms with van der Waals surface area (Å²) in [4.78, 5) is 18.7. The Balaban J connectivity index is -0.000000107. The summed E-state index contributed by atoms with van der Waals surface area (Å²) in [5.74, 6) is -1.49. The quantitative estimate of drug-likeness (QED) is 0.622. The summed E-state index contributed by atoms with van der Waals surface area (Å²) in [5, 5.41) is 15.4. The Kier molecular flexibility index (Phi) is 20.2. The van der Waals surface area contributed by atoms with Crippen molar-refractivity contribution in [3.63, 3.8) is 0 Å². The summed E-state index contributed by atoms with van der Waals surface area (Å²) in [7, 11) is 0. The average Bonchev–Trinajstić information content (AvgIpc) is 1.89. The number of hydrogen-bond acceptors (Lipinski definition) is 2. The van der Waals surface area contributed by atoms with Crippen molar-refractivity contribution < 1.29 is 19.8 Å². The van der Waals surface area contributed by atoms with Crippen molar-refractivity contribution in [1.82, 2.24) is 0 Å². The molecule has 0 saturated heterocycles. The normalized spacial score (nSPS) is 6.73. The second kappa shape index (κ2) is 12.8. The standard InChI is InChI=1S/2C3H6O2.Ca/c2*1-2-3(4)5;/h2*2H2,1H3,(H,4,5);. The topological polar surface area (TPSA) is 74.6 Å². The third kappa shape index (κ3) is 38.9. The molecule has 11 heavy (non-hydrogen) atoms. The summed E-state index contributed by atoms with van der Waals surface area (Å²) in [5.41, 5.74) is 0. The van der Waals surface area contributed by atoms with Crippen LogP contribution >= 0.6 is 0 Å². The van der Waals surface area contributed by atoms with Crippen LogP contribution in [0.2, 0.25) is 0 Å². The van der Waals surface area contributed by atoms with Gasteiger partial charge in [-0.2, -0.15) is 0 Å². The van der Waals surface area contributed by atoms with E-state index in [-0.39, 0.29) is 50.6 Å².